The minimum Gasteiger partial charge on any atom is -0.0656 e. The second kappa shape index (κ2) is 2.58. The Bertz CT molecular complexity index is 196. The summed E-state index contributed by atoms with van der Waals surface area (Å²) < 4.78 is 0. The molecule has 0 saturated carbocycles. The van der Waals surface area contributed by atoms with Crippen LogP contribution >= 0.6 is 0 Å². The van der Waals surface area contributed by atoms with Crippen molar-refractivity contribution in [3.05, 3.63) is 30.3 Å². The van der Waals surface area contributed by atoms with Crippen LogP contribution in [0.4, 0.5) is 0 Å². The molecule has 0 aliphatic rings. The SMILES string of the molecule is C[Si](C)(C)c1c[c]c[c]c1. The molecule has 0 unspecified atom stereocenters. The lowest BCUT2D eigenvalue weighted by Crippen LogP contribution is -2.37. The highest BCUT2D eigenvalue weighted by atomic mass is 28.3. The van der Waals surface area contributed by atoms with Gasteiger partial charge in [0.05, 0.1) is 8.07 Å². The van der Waals surface area contributed by atoms with Gasteiger partial charge < -0.3 is 0 Å². The predicted molar refractivity (Wildman–Crippen MR) is 47.1 cm³/mol. The van der Waals surface area contributed by atoms with E-state index in [4.69, 9.17) is 0 Å². The standard InChI is InChI=1S/C9H12Si/c1-10(2,3)9-7-5-4-6-8-9/h4,7-8H,1-3H3. The highest BCUT2D eigenvalue weighted by molar-refractivity contribution is 6.88. The molecule has 0 heterocycles. The van der Waals surface area contributed by atoms with Crippen LogP contribution in [-0.4, -0.2) is 8.07 Å². The zero-order valence-corrected chi connectivity index (χ0v) is 7.73. The third-order valence-electron chi connectivity index (χ3n) is 1.51. The average molecular weight is 148 g/mol. The molecule has 0 bridgehead atoms. The van der Waals surface area contributed by atoms with Crippen LogP contribution in [0.25, 0.3) is 0 Å². The molecule has 0 spiro atoms. The topological polar surface area (TPSA) is 0 Å². The zero-order valence-electron chi connectivity index (χ0n) is 6.73. The van der Waals surface area contributed by atoms with E-state index in [2.05, 4.69) is 43.9 Å². The predicted octanol–water partition coefficient (Wildman–Crippen LogP) is 1.83. The van der Waals surface area contributed by atoms with Crippen molar-refractivity contribution in [2.45, 2.75) is 19.6 Å². The third-order valence-corrected chi connectivity index (χ3v) is 3.53. The molecule has 52 valence electrons. The van der Waals surface area contributed by atoms with Crippen molar-refractivity contribution < 1.29 is 0 Å². The first-order valence-corrected chi connectivity index (χ1v) is 6.98. The smallest absolute Gasteiger partial charge is 0.0656 e. The molecular weight excluding hydrogens is 136 g/mol. The molecule has 10 heavy (non-hydrogen) atoms. The van der Waals surface area contributed by atoms with Gasteiger partial charge in [-0.15, -0.1) is 0 Å². The van der Waals surface area contributed by atoms with E-state index in [0.29, 0.717) is 0 Å². The second-order valence-electron chi connectivity index (χ2n) is 3.47. The maximum Gasteiger partial charge on any atom is 0.0776 e. The largest absolute Gasteiger partial charge is 0.0776 e. The fraction of sp³-hybridized carbons (Fsp3) is 0.333. The summed E-state index contributed by atoms with van der Waals surface area (Å²) in [6.07, 6.45) is 0. The van der Waals surface area contributed by atoms with Crippen LogP contribution in [0.15, 0.2) is 18.2 Å². The molecule has 0 aliphatic heterocycles. The molecule has 0 nitrogen and oxygen atoms in total. The molecule has 1 heteroatoms. The Balaban J connectivity index is 2.97. The van der Waals surface area contributed by atoms with E-state index in [9.17, 15) is 0 Å². The summed E-state index contributed by atoms with van der Waals surface area (Å²) in [7, 11) is -1.10. The van der Waals surface area contributed by atoms with Gasteiger partial charge in [-0.2, -0.15) is 0 Å². The second-order valence-corrected chi connectivity index (χ2v) is 8.55. The van der Waals surface area contributed by atoms with Gasteiger partial charge in [0, 0.05) is 0 Å². The van der Waals surface area contributed by atoms with Gasteiger partial charge in [0.2, 0.25) is 0 Å². The molecule has 2 radical (unpaired) electrons. The zero-order chi connectivity index (χ0) is 7.61. The number of hydrogen-bond donors (Lipinski definition) is 0. The van der Waals surface area contributed by atoms with Crippen LogP contribution in [0.5, 0.6) is 0 Å². The first kappa shape index (κ1) is 7.54. The van der Waals surface area contributed by atoms with Crippen LogP contribution in [0.2, 0.25) is 19.6 Å². The third kappa shape index (κ3) is 1.71. The Morgan fingerprint density at radius 2 is 1.60 bits per heavy atom. The minimum atomic E-state index is -1.10. The lowest BCUT2D eigenvalue weighted by Gasteiger charge is -2.15. The van der Waals surface area contributed by atoms with Crippen molar-refractivity contribution in [2.75, 3.05) is 0 Å². The van der Waals surface area contributed by atoms with Crippen molar-refractivity contribution in [1.29, 1.82) is 0 Å². The molecule has 0 N–H and O–H groups in total. The van der Waals surface area contributed by atoms with E-state index in [-0.39, 0.29) is 0 Å². The van der Waals surface area contributed by atoms with Gasteiger partial charge in [-0.3, -0.25) is 0 Å². The highest BCUT2D eigenvalue weighted by Crippen LogP contribution is 1.99. The van der Waals surface area contributed by atoms with Gasteiger partial charge in [-0.05, 0) is 18.2 Å². The van der Waals surface area contributed by atoms with Gasteiger partial charge in [0.1, 0.15) is 0 Å². The fourth-order valence-corrected chi connectivity index (χ4v) is 1.82. The Morgan fingerprint density at radius 3 is 1.90 bits per heavy atom. The van der Waals surface area contributed by atoms with E-state index >= 15 is 0 Å². The van der Waals surface area contributed by atoms with Crippen LogP contribution in [0, 0.1) is 12.1 Å². The summed E-state index contributed by atoms with van der Waals surface area (Å²) in [6.45, 7) is 6.97. The summed E-state index contributed by atoms with van der Waals surface area (Å²) in [5.41, 5.74) is 0. The van der Waals surface area contributed by atoms with E-state index in [1.165, 1.54) is 5.19 Å². The molecule has 0 aromatic heterocycles. The summed E-state index contributed by atoms with van der Waals surface area (Å²) in [5, 5.41) is 1.43. The Labute approximate surface area is 63.9 Å². The summed E-state index contributed by atoms with van der Waals surface area (Å²) in [5.74, 6) is 0. The van der Waals surface area contributed by atoms with Crippen molar-refractivity contribution in [3.8, 4) is 0 Å². The van der Waals surface area contributed by atoms with Crippen molar-refractivity contribution in [1.82, 2.24) is 0 Å². The van der Waals surface area contributed by atoms with Crippen LogP contribution in [0.1, 0.15) is 0 Å². The molecular formula is C9H12Si. The summed E-state index contributed by atoms with van der Waals surface area (Å²) in [6, 6.07) is 12.1. The molecule has 0 atom stereocenters. The van der Waals surface area contributed by atoms with Gasteiger partial charge in [-0.1, -0.05) is 37.0 Å². The molecule has 0 amide bonds. The summed E-state index contributed by atoms with van der Waals surface area (Å²) in [4.78, 5) is 0. The Hall–Kier alpha value is -0.563. The lowest BCUT2D eigenvalue weighted by molar-refractivity contribution is 1.66. The van der Waals surface area contributed by atoms with Crippen molar-refractivity contribution in [3.63, 3.8) is 0 Å². The maximum atomic E-state index is 3.05. The first-order valence-electron chi connectivity index (χ1n) is 3.48. The highest BCUT2D eigenvalue weighted by Gasteiger charge is 2.14. The quantitative estimate of drug-likeness (QED) is 0.533. The molecule has 1 rings (SSSR count). The van der Waals surface area contributed by atoms with Crippen molar-refractivity contribution >= 4 is 13.3 Å². The van der Waals surface area contributed by atoms with E-state index in [1.807, 2.05) is 6.07 Å². The molecule has 1 aromatic carbocycles. The molecule has 1 aromatic rings. The number of benzene rings is 1. The van der Waals surface area contributed by atoms with Crippen molar-refractivity contribution in [2.24, 2.45) is 0 Å². The molecule has 0 saturated heterocycles. The molecule has 0 fully saturated rings. The van der Waals surface area contributed by atoms with Gasteiger partial charge >= 0.3 is 0 Å². The Kier molecular flexibility index (Phi) is 1.95. The van der Waals surface area contributed by atoms with Crippen LogP contribution in [-0.2, 0) is 0 Å². The van der Waals surface area contributed by atoms with Crippen LogP contribution < -0.4 is 5.19 Å². The number of hydrogen-bond acceptors (Lipinski definition) is 0. The monoisotopic (exact) mass is 148 g/mol. The van der Waals surface area contributed by atoms with Crippen LogP contribution in [0.3, 0.4) is 0 Å². The average Bonchev–Trinajstić information content (AvgIpc) is 1.88. The lowest BCUT2D eigenvalue weighted by atomic mass is 10.4. The van der Waals surface area contributed by atoms with E-state index in [1.54, 1.807) is 0 Å². The molecule has 0 aliphatic carbocycles. The van der Waals surface area contributed by atoms with E-state index < -0.39 is 8.07 Å². The fourth-order valence-electron chi connectivity index (χ4n) is 0.786. The normalized spacial score (nSPS) is 11.5. The first-order chi connectivity index (χ1) is 4.61. The summed E-state index contributed by atoms with van der Waals surface area (Å²) >= 11 is 0. The van der Waals surface area contributed by atoms with E-state index in [0.717, 1.165) is 0 Å². The van der Waals surface area contributed by atoms with Gasteiger partial charge in [-0.25, -0.2) is 0 Å². The minimum absolute atomic E-state index is 1.10. The maximum absolute atomic E-state index is 3.05. The van der Waals surface area contributed by atoms with Gasteiger partial charge in [0.15, 0.2) is 0 Å². The van der Waals surface area contributed by atoms with Gasteiger partial charge in [0.25, 0.3) is 0 Å². The Morgan fingerprint density at radius 1 is 1.10 bits per heavy atom. The number of rotatable bonds is 1.